The van der Waals surface area contributed by atoms with E-state index >= 15 is 0 Å². The summed E-state index contributed by atoms with van der Waals surface area (Å²) in [5, 5.41) is 4.55. The van der Waals surface area contributed by atoms with Gasteiger partial charge in [-0.3, -0.25) is 4.90 Å². The van der Waals surface area contributed by atoms with E-state index < -0.39 is 0 Å². The van der Waals surface area contributed by atoms with Crippen molar-refractivity contribution >= 4 is 11.6 Å². The van der Waals surface area contributed by atoms with Crippen LogP contribution in [-0.2, 0) is 0 Å². The molecule has 21 heavy (non-hydrogen) atoms. The van der Waals surface area contributed by atoms with E-state index in [9.17, 15) is 0 Å². The zero-order valence-electron chi connectivity index (χ0n) is 13.6. The summed E-state index contributed by atoms with van der Waals surface area (Å²) in [6.07, 6.45) is 6.39. The number of halogens is 1. The van der Waals surface area contributed by atoms with Crippen molar-refractivity contribution in [1.82, 2.24) is 10.2 Å². The maximum absolute atomic E-state index is 6.35. The molecule has 0 aromatic heterocycles. The number of hydrogen-bond donors (Lipinski definition) is 1. The molecule has 1 aromatic carbocycles. The van der Waals surface area contributed by atoms with Gasteiger partial charge in [-0.2, -0.15) is 0 Å². The highest BCUT2D eigenvalue weighted by Crippen LogP contribution is 2.31. The summed E-state index contributed by atoms with van der Waals surface area (Å²) < 4.78 is 0. The Kier molecular flexibility index (Phi) is 6.53. The third kappa shape index (κ3) is 4.45. The lowest BCUT2D eigenvalue weighted by molar-refractivity contribution is 0.135. The van der Waals surface area contributed by atoms with E-state index in [-0.39, 0.29) is 0 Å². The lowest BCUT2D eigenvalue weighted by atomic mass is 9.89. The van der Waals surface area contributed by atoms with E-state index in [1.54, 1.807) is 0 Å². The van der Waals surface area contributed by atoms with Gasteiger partial charge < -0.3 is 5.32 Å². The Hall–Kier alpha value is -0.570. The van der Waals surface area contributed by atoms with Crippen molar-refractivity contribution in [3.05, 3.63) is 34.9 Å². The van der Waals surface area contributed by atoms with Gasteiger partial charge in [-0.25, -0.2) is 0 Å². The summed E-state index contributed by atoms with van der Waals surface area (Å²) in [7, 11) is 2.25. The second-order valence-electron chi connectivity index (χ2n) is 6.32. The third-order valence-electron chi connectivity index (χ3n) is 4.92. The fraction of sp³-hybridized carbons (Fsp3) is 0.667. The minimum Gasteiger partial charge on any atom is -0.314 e. The molecule has 1 atom stereocenters. The molecule has 0 amide bonds. The number of hydrogen-bond acceptors (Lipinski definition) is 2. The van der Waals surface area contributed by atoms with Crippen LogP contribution in [0, 0.1) is 0 Å². The molecular formula is C18H29ClN2. The van der Waals surface area contributed by atoms with Crippen LogP contribution in [0.25, 0.3) is 0 Å². The number of rotatable bonds is 6. The van der Waals surface area contributed by atoms with E-state index in [0.717, 1.165) is 17.6 Å². The summed E-state index contributed by atoms with van der Waals surface area (Å²) in [6, 6.07) is 10.0. The molecule has 2 nitrogen and oxygen atoms in total. The predicted octanol–water partition coefficient (Wildman–Crippen LogP) is 4.64. The van der Waals surface area contributed by atoms with Gasteiger partial charge in [0.2, 0.25) is 0 Å². The Morgan fingerprint density at radius 1 is 1.24 bits per heavy atom. The first kappa shape index (κ1) is 16.8. The molecule has 1 aliphatic carbocycles. The highest BCUT2D eigenvalue weighted by Gasteiger charge is 2.27. The van der Waals surface area contributed by atoms with Crippen LogP contribution < -0.4 is 5.32 Å². The number of benzene rings is 1. The Balaban J connectivity index is 1.89. The molecule has 1 saturated carbocycles. The SMILES string of the molecule is CCCNC1CCC(N(C)C(C)c2ccccc2Cl)CC1. The van der Waals surface area contributed by atoms with Crippen LogP contribution >= 0.6 is 11.6 Å². The maximum atomic E-state index is 6.35. The van der Waals surface area contributed by atoms with Crippen molar-refractivity contribution in [2.24, 2.45) is 0 Å². The molecule has 3 heteroatoms. The Labute approximate surface area is 134 Å². The molecule has 0 bridgehead atoms. The number of nitrogens with one attached hydrogen (secondary N) is 1. The molecule has 1 aliphatic rings. The van der Waals surface area contributed by atoms with Crippen molar-refractivity contribution in [3.63, 3.8) is 0 Å². The van der Waals surface area contributed by atoms with E-state index in [4.69, 9.17) is 11.6 Å². The van der Waals surface area contributed by atoms with E-state index in [1.165, 1.54) is 37.7 Å². The molecule has 1 unspecified atom stereocenters. The quantitative estimate of drug-likeness (QED) is 0.823. The highest BCUT2D eigenvalue weighted by molar-refractivity contribution is 6.31. The topological polar surface area (TPSA) is 15.3 Å². The standard InChI is InChI=1S/C18H29ClN2/c1-4-13-20-15-9-11-16(12-10-15)21(3)14(2)17-7-5-6-8-18(17)19/h5-8,14-16,20H,4,9-13H2,1-3H3. The van der Waals surface area contributed by atoms with Gasteiger partial charge in [-0.15, -0.1) is 0 Å². The summed E-state index contributed by atoms with van der Waals surface area (Å²) in [5.41, 5.74) is 1.24. The van der Waals surface area contributed by atoms with E-state index in [2.05, 4.69) is 43.2 Å². The highest BCUT2D eigenvalue weighted by atomic mass is 35.5. The zero-order chi connectivity index (χ0) is 15.2. The second kappa shape index (κ2) is 8.17. The van der Waals surface area contributed by atoms with Crippen molar-refractivity contribution < 1.29 is 0 Å². The fourth-order valence-electron chi connectivity index (χ4n) is 3.39. The van der Waals surface area contributed by atoms with Crippen molar-refractivity contribution in [1.29, 1.82) is 0 Å². The minimum atomic E-state index is 0.379. The van der Waals surface area contributed by atoms with Crippen LogP contribution in [0.15, 0.2) is 24.3 Å². The second-order valence-corrected chi connectivity index (χ2v) is 6.73. The third-order valence-corrected chi connectivity index (χ3v) is 5.27. The average Bonchev–Trinajstić information content (AvgIpc) is 2.52. The van der Waals surface area contributed by atoms with Crippen LogP contribution in [-0.4, -0.2) is 30.6 Å². The molecule has 0 heterocycles. The molecule has 0 aliphatic heterocycles. The molecule has 0 saturated heterocycles. The van der Waals surface area contributed by atoms with E-state index in [0.29, 0.717) is 12.1 Å². The lowest BCUT2D eigenvalue weighted by Crippen LogP contribution is -2.41. The molecule has 1 aromatic rings. The van der Waals surface area contributed by atoms with Crippen LogP contribution in [0.2, 0.25) is 5.02 Å². The van der Waals surface area contributed by atoms with Gasteiger partial charge in [0.05, 0.1) is 0 Å². The maximum Gasteiger partial charge on any atom is 0.0453 e. The van der Waals surface area contributed by atoms with Gasteiger partial charge >= 0.3 is 0 Å². The molecule has 0 radical (unpaired) electrons. The first-order valence-electron chi connectivity index (χ1n) is 8.33. The smallest absolute Gasteiger partial charge is 0.0453 e. The zero-order valence-corrected chi connectivity index (χ0v) is 14.4. The van der Waals surface area contributed by atoms with Gasteiger partial charge in [0.1, 0.15) is 0 Å². The first-order valence-corrected chi connectivity index (χ1v) is 8.71. The van der Waals surface area contributed by atoms with Gasteiger partial charge in [0, 0.05) is 23.1 Å². The normalized spacial score (nSPS) is 24.2. The lowest BCUT2D eigenvalue weighted by Gasteiger charge is -2.38. The Morgan fingerprint density at radius 3 is 2.52 bits per heavy atom. The summed E-state index contributed by atoms with van der Waals surface area (Å²) in [4.78, 5) is 2.51. The Bertz CT molecular complexity index is 427. The summed E-state index contributed by atoms with van der Waals surface area (Å²) in [6.45, 7) is 5.65. The van der Waals surface area contributed by atoms with Gasteiger partial charge in [0.15, 0.2) is 0 Å². The molecule has 1 N–H and O–H groups in total. The predicted molar refractivity (Wildman–Crippen MR) is 92.0 cm³/mol. The van der Waals surface area contributed by atoms with Crippen LogP contribution in [0.1, 0.15) is 57.6 Å². The monoisotopic (exact) mass is 308 g/mol. The Morgan fingerprint density at radius 2 is 1.90 bits per heavy atom. The molecule has 118 valence electrons. The van der Waals surface area contributed by atoms with Crippen molar-refractivity contribution in [3.8, 4) is 0 Å². The van der Waals surface area contributed by atoms with Gasteiger partial charge in [0.25, 0.3) is 0 Å². The fourth-order valence-corrected chi connectivity index (χ4v) is 3.68. The van der Waals surface area contributed by atoms with Crippen LogP contribution in [0.4, 0.5) is 0 Å². The first-order chi connectivity index (χ1) is 10.1. The van der Waals surface area contributed by atoms with Gasteiger partial charge in [-0.1, -0.05) is 36.7 Å². The molecular weight excluding hydrogens is 280 g/mol. The minimum absolute atomic E-state index is 0.379. The number of nitrogens with zero attached hydrogens (tertiary/aromatic N) is 1. The van der Waals surface area contributed by atoms with Gasteiger partial charge in [-0.05, 0) is 64.3 Å². The van der Waals surface area contributed by atoms with Crippen molar-refractivity contribution in [2.45, 2.75) is 64.1 Å². The molecule has 2 rings (SSSR count). The van der Waals surface area contributed by atoms with Crippen LogP contribution in [0.5, 0.6) is 0 Å². The average molecular weight is 309 g/mol. The molecule has 0 spiro atoms. The summed E-state index contributed by atoms with van der Waals surface area (Å²) >= 11 is 6.35. The van der Waals surface area contributed by atoms with Crippen LogP contribution in [0.3, 0.4) is 0 Å². The largest absolute Gasteiger partial charge is 0.314 e. The summed E-state index contributed by atoms with van der Waals surface area (Å²) in [5.74, 6) is 0. The van der Waals surface area contributed by atoms with E-state index in [1.807, 2.05) is 12.1 Å². The van der Waals surface area contributed by atoms with Crippen molar-refractivity contribution in [2.75, 3.05) is 13.6 Å². The molecule has 1 fully saturated rings.